The van der Waals surface area contributed by atoms with E-state index in [9.17, 15) is 10.1 Å². The van der Waals surface area contributed by atoms with Gasteiger partial charge < -0.3 is 10.1 Å². The van der Waals surface area contributed by atoms with Gasteiger partial charge in [0.1, 0.15) is 0 Å². The smallest absolute Gasteiger partial charge is 0.390 e. The van der Waals surface area contributed by atoms with E-state index in [2.05, 4.69) is 10.1 Å². The number of benzene rings is 1. The normalized spacial score (nSPS) is 10.2. The molecule has 0 bridgehead atoms. The van der Waals surface area contributed by atoms with E-state index in [0.29, 0.717) is 5.69 Å². The van der Waals surface area contributed by atoms with Crippen molar-refractivity contribution in [2.45, 2.75) is 0 Å². The molecule has 0 saturated heterocycles. The van der Waals surface area contributed by atoms with Crippen molar-refractivity contribution in [2.75, 3.05) is 0 Å². The highest BCUT2D eigenvalue weighted by molar-refractivity contribution is 6.28. The number of halogens is 1. The van der Waals surface area contributed by atoms with Crippen LogP contribution in [0.5, 0.6) is 0 Å². The second kappa shape index (κ2) is 3.66. The molecule has 0 aliphatic carbocycles. The largest absolute Gasteiger partial charge is 0.492 e. The Balaban J connectivity index is 2.50. The maximum Gasteiger partial charge on any atom is 0.492 e. The van der Waals surface area contributed by atoms with E-state index in [1.54, 1.807) is 24.3 Å². The lowest BCUT2D eigenvalue weighted by atomic mass is 10.3. The molecule has 0 fully saturated rings. The first-order valence-electron chi connectivity index (χ1n) is 4.01. The van der Waals surface area contributed by atoms with E-state index in [1.807, 2.05) is 6.07 Å². The monoisotopic (exact) mass is 224 g/mol. The van der Waals surface area contributed by atoms with Gasteiger partial charge in [0.25, 0.3) is 0 Å². The molecule has 0 saturated carbocycles. The number of aromatic nitrogens is 3. The Morgan fingerprint density at radius 3 is 2.53 bits per heavy atom. The van der Waals surface area contributed by atoms with Crippen LogP contribution in [0.3, 0.4) is 0 Å². The van der Waals surface area contributed by atoms with Crippen molar-refractivity contribution in [3.63, 3.8) is 0 Å². The van der Waals surface area contributed by atoms with Crippen LogP contribution in [-0.2, 0) is 0 Å². The molecule has 0 atom stereocenters. The molecule has 7 heteroatoms. The summed E-state index contributed by atoms with van der Waals surface area (Å²) in [5, 5.41) is 14.0. The van der Waals surface area contributed by atoms with Crippen molar-refractivity contribution >= 4 is 17.5 Å². The molecular weight excluding hydrogens is 220 g/mol. The second-order valence-electron chi connectivity index (χ2n) is 2.69. The first-order chi connectivity index (χ1) is 7.18. The van der Waals surface area contributed by atoms with Crippen molar-refractivity contribution in [3.05, 3.63) is 45.7 Å². The first kappa shape index (κ1) is 9.60. The van der Waals surface area contributed by atoms with Gasteiger partial charge in [-0.1, -0.05) is 18.2 Å². The molecule has 0 aliphatic rings. The summed E-state index contributed by atoms with van der Waals surface area (Å²) in [5.74, 6) is -0.510. The Morgan fingerprint density at radius 2 is 2.00 bits per heavy atom. The highest BCUT2D eigenvalue weighted by Crippen LogP contribution is 2.16. The highest BCUT2D eigenvalue weighted by atomic mass is 35.5. The molecule has 15 heavy (non-hydrogen) atoms. The fourth-order valence-corrected chi connectivity index (χ4v) is 1.30. The fraction of sp³-hybridized carbons (Fsp3) is 0. The molecule has 1 aromatic heterocycles. The number of nitrogens with zero attached hydrogens (tertiary/aromatic N) is 4. The molecule has 0 N–H and O–H groups in total. The van der Waals surface area contributed by atoms with Crippen LogP contribution in [0.25, 0.3) is 5.69 Å². The van der Waals surface area contributed by atoms with E-state index < -0.39 is 10.9 Å². The van der Waals surface area contributed by atoms with Gasteiger partial charge in [-0.2, -0.15) is 0 Å². The maximum atomic E-state index is 10.4. The lowest BCUT2D eigenvalue weighted by Gasteiger charge is -1.94. The number of rotatable bonds is 2. The fourth-order valence-electron chi connectivity index (χ4n) is 1.09. The zero-order valence-corrected chi connectivity index (χ0v) is 8.13. The Bertz CT molecular complexity index is 497. The van der Waals surface area contributed by atoms with Gasteiger partial charge >= 0.3 is 11.2 Å². The van der Waals surface area contributed by atoms with E-state index in [4.69, 9.17) is 11.6 Å². The van der Waals surface area contributed by atoms with Gasteiger partial charge in [0.15, 0.2) is 0 Å². The molecular formula is C8H5ClN4O2. The van der Waals surface area contributed by atoms with Gasteiger partial charge in [-0.15, -0.1) is 4.68 Å². The molecule has 2 rings (SSSR count). The minimum Gasteiger partial charge on any atom is -0.390 e. The van der Waals surface area contributed by atoms with Crippen LogP contribution >= 0.6 is 11.6 Å². The van der Waals surface area contributed by atoms with Gasteiger partial charge in [-0.05, 0) is 33.6 Å². The van der Waals surface area contributed by atoms with Crippen molar-refractivity contribution < 1.29 is 4.92 Å². The highest BCUT2D eigenvalue weighted by Gasteiger charge is 2.20. The Kier molecular flexibility index (Phi) is 2.34. The summed E-state index contributed by atoms with van der Waals surface area (Å²) < 4.78 is 1.21. The van der Waals surface area contributed by atoms with Crippen LogP contribution in [0.15, 0.2) is 30.3 Å². The van der Waals surface area contributed by atoms with Crippen molar-refractivity contribution in [1.82, 2.24) is 14.8 Å². The Morgan fingerprint density at radius 1 is 1.33 bits per heavy atom. The molecule has 0 unspecified atom stereocenters. The first-order valence-corrected chi connectivity index (χ1v) is 4.38. The van der Waals surface area contributed by atoms with Crippen LogP contribution in [0.1, 0.15) is 0 Å². The third-order valence-electron chi connectivity index (χ3n) is 1.72. The zero-order chi connectivity index (χ0) is 10.8. The van der Waals surface area contributed by atoms with Gasteiger partial charge in [0.2, 0.25) is 0 Å². The second-order valence-corrected chi connectivity index (χ2v) is 3.02. The SMILES string of the molecule is O=[N+]([O-])c1nc(Cl)n(-c2ccccc2)n1. The minimum absolute atomic E-state index is 0.0344. The van der Waals surface area contributed by atoms with E-state index in [1.165, 1.54) is 4.68 Å². The Labute approximate surface area is 89.3 Å². The third kappa shape index (κ3) is 1.79. The summed E-state index contributed by atoms with van der Waals surface area (Å²) in [6, 6.07) is 8.83. The van der Waals surface area contributed by atoms with E-state index in [0.717, 1.165) is 0 Å². The molecule has 1 aromatic carbocycles. The molecule has 1 heterocycles. The van der Waals surface area contributed by atoms with Crippen molar-refractivity contribution in [1.29, 1.82) is 0 Å². The summed E-state index contributed by atoms with van der Waals surface area (Å²) in [7, 11) is 0. The summed E-state index contributed by atoms with van der Waals surface area (Å²) in [6.07, 6.45) is 0. The van der Waals surface area contributed by atoms with Crippen LogP contribution in [0.2, 0.25) is 5.28 Å². The maximum absolute atomic E-state index is 10.4. The number of para-hydroxylation sites is 1. The average Bonchev–Trinajstić information content (AvgIpc) is 2.62. The van der Waals surface area contributed by atoms with Crippen molar-refractivity contribution in [2.24, 2.45) is 0 Å². The van der Waals surface area contributed by atoms with Crippen molar-refractivity contribution in [3.8, 4) is 5.69 Å². The van der Waals surface area contributed by atoms with Crippen LogP contribution in [0.4, 0.5) is 5.95 Å². The number of hydrogen-bond donors (Lipinski definition) is 0. The molecule has 0 spiro atoms. The third-order valence-corrected chi connectivity index (χ3v) is 1.97. The van der Waals surface area contributed by atoms with Gasteiger partial charge in [-0.3, -0.25) is 0 Å². The summed E-state index contributed by atoms with van der Waals surface area (Å²) >= 11 is 5.71. The summed E-state index contributed by atoms with van der Waals surface area (Å²) in [4.78, 5) is 13.2. The molecule has 0 amide bonds. The van der Waals surface area contributed by atoms with Gasteiger partial charge in [0.05, 0.1) is 5.69 Å². The van der Waals surface area contributed by atoms with E-state index in [-0.39, 0.29) is 5.28 Å². The molecule has 0 aliphatic heterocycles. The predicted octanol–water partition coefficient (Wildman–Crippen LogP) is 1.83. The van der Waals surface area contributed by atoms with E-state index >= 15 is 0 Å². The lowest BCUT2D eigenvalue weighted by Crippen LogP contribution is -1.97. The molecule has 6 nitrogen and oxygen atoms in total. The molecule has 76 valence electrons. The summed E-state index contributed by atoms with van der Waals surface area (Å²) in [5.41, 5.74) is 0.628. The van der Waals surface area contributed by atoms with Crippen LogP contribution in [-0.4, -0.2) is 19.7 Å². The molecule has 2 aromatic rings. The predicted molar refractivity (Wildman–Crippen MR) is 53.0 cm³/mol. The standard InChI is InChI=1S/C8H5ClN4O2/c9-7-10-8(13(14)15)11-12(7)6-4-2-1-3-5-6/h1-5H. The summed E-state index contributed by atoms with van der Waals surface area (Å²) in [6.45, 7) is 0. The minimum atomic E-state index is -0.689. The number of nitro groups is 1. The van der Waals surface area contributed by atoms with Gasteiger partial charge in [0, 0.05) is 5.10 Å². The topological polar surface area (TPSA) is 73.8 Å². The average molecular weight is 225 g/mol. The lowest BCUT2D eigenvalue weighted by molar-refractivity contribution is -0.394. The quantitative estimate of drug-likeness (QED) is 0.576. The zero-order valence-electron chi connectivity index (χ0n) is 7.37. The van der Waals surface area contributed by atoms with Crippen LogP contribution < -0.4 is 0 Å². The van der Waals surface area contributed by atoms with Crippen LogP contribution in [0, 0.1) is 10.1 Å². The Hall–Kier alpha value is -1.95. The number of hydrogen-bond acceptors (Lipinski definition) is 4. The molecule has 0 radical (unpaired) electrons. The van der Waals surface area contributed by atoms with Gasteiger partial charge in [-0.25, -0.2) is 0 Å².